The molecule has 1 aliphatic rings. The number of amides is 2. The summed E-state index contributed by atoms with van der Waals surface area (Å²) in [4.78, 5) is 38.7. The van der Waals surface area contributed by atoms with Gasteiger partial charge in [0.2, 0.25) is 11.8 Å². The van der Waals surface area contributed by atoms with Crippen LogP contribution in [0.3, 0.4) is 0 Å². The lowest BCUT2D eigenvalue weighted by atomic mass is 10.0. The molecule has 0 aromatic heterocycles. The molecule has 0 bridgehead atoms. The standard InChI is InChI=1S/C16H20N2O4/c1-11(16(21)22)14(19)17(2)13-9-6-10-18(15(13)20)12-7-4-3-5-8-12/h3-5,7-8,11,13H,6,9-10H2,1-2H3,(H,21,22). The van der Waals surface area contributed by atoms with Gasteiger partial charge in [-0.05, 0) is 31.9 Å². The van der Waals surface area contributed by atoms with E-state index in [0.717, 1.165) is 12.1 Å². The van der Waals surface area contributed by atoms with Crippen molar-refractivity contribution in [2.24, 2.45) is 5.92 Å². The van der Waals surface area contributed by atoms with Crippen molar-refractivity contribution in [3.05, 3.63) is 30.3 Å². The van der Waals surface area contributed by atoms with Crippen molar-refractivity contribution >= 4 is 23.5 Å². The normalized spacial score (nSPS) is 19.6. The van der Waals surface area contributed by atoms with Gasteiger partial charge in [-0.25, -0.2) is 0 Å². The molecule has 118 valence electrons. The molecule has 1 saturated heterocycles. The fourth-order valence-corrected chi connectivity index (χ4v) is 2.64. The first kappa shape index (κ1) is 16.0. The quantitative estimate of drug-likeness (QED) is 0.852. The zero-order valence-corrected chi connectivity index (χ0v) is 12.7. The highest BCUT2D eigenvalue weighted by Crippen LogP contribution is 2.23. The van der Waals surface area contributed by atoms with Gasteiger partial charge in [-0.15, -0.1) is 0 Å². The number of carbonyl (C=O) groups is 3. The van der Waals surface area contributed by atoms with Crippen molar-refractivity contribution in [3.8, 4) is 0 Å². The van der Waals surface area contributed by atoms with Crippen LogP contribution in [0.5, 0.6) is 0 Å². The molecule has 1 N–H and O–H groups in total. The van der Waals surface area contributed by atoms with Crippen LogP contribution in [0, 0.1) is 5.92 Å². The van der Waals surface area contributed by atoms with E-state index in [9.17, 15) is 14.4 Å². The van der Waals surface area contributed by atoms with E-state index in [1.54, 1.807) is 4.90 Å². The Morgan fingerprint density at radius 2 is 1.95 bits per heavy atom. The minimum absolute atomic E-state index is 0.161. The highest BCUT2D eigenvalue weighted by Gasteiger charge is 2.36. The molecule has 2 rings (SSSR count). The molecule has 0 spiro atoms. The smallest absolute Gasteiger partial charge is 0.315 e. The number of carboxylic acids is 1. The second kappa shape index (κ2) is 6.60. The predicted molar refractivity (Wildman–Crippen MR) is 81.4 cm³/mol. The Hall–Kier alpha value is -2.37. The van der Waals surface area contributed by atoms with Gasteiger partial charge in [-0.1, -0.05) is 18.2 Å². The fraction of sp³-hybridized carbons (Fsp3) is 0.438. The first-order chi connectivity index (χ1) is 10.4. The predicted octanol–water partition coefficient (Wildman–Crippen LogP) is 1.36. The Morgan fingerprint density at radius 3 is 2.55 bits per heavy atom. The van der Waals surface area contributed by atoms with E-state index in [1.165, 1.54) is 18.9 Å². The number of anilines is 1. The number of aliphatic carboxylic acids is 1. The Morgan fingerprint density at radius 1 is 1.32 bits per heavy atom. The molecule has 1 aliphatic heterocycles. The topological polar surface area (TPSA) is 77.9 Å². The molecular weight excluding hydrogens is 284 g/mol. The fourth-order valence-electron chi connectivity index (χ4n) is 2.64. The molecule has 0 aliphatic carbocycles. The van der Waals surface area contributed by atoms with E-state index >= 15 is 0 Å². The summed E-state index contributed by atoms with van der Waals surface area (Å²) >= 11 is 0. The summed E-state index contributed by atoms with van der Waals surface area (Å²) < 4.78 is 0. The molecule has 2 atom stereocenters. The molecule has 6 heteroatoms. The molecule has 1 aromatic carbocycles. The van der Waals surface area contributed by atoms with Crippen LogP contribution in [-0.2, 0) is 14.4 Å². The molecule has 0 saturated carbocycles. The zero-order valence-electron chi connectivity index (χ0n) is 12.7. The molecule has 1 aromatic rings. The van der Waals surface area contributed by atoms with Crippen LogP contribution in [0.15, 0.2) is 30.3 Å². The van der Waals surface area contributed by atoms with Crippen molar-refractivity contribution in [1.29, 1.82) is 0 Å². The summed E-state index contributed by atoms with van der Waals surface area (Å²) in [5.41, 5.74) is 0.796. The van der Waals surface area contributed by atoms with E-state index < -0.39 is 23.8 Å². The minimum atomic E-state index is -1.18. The van der Waals surface area contributed by atoms with Crippen molar-refractivity contribution in [2.75, 3.05) is 18.5 Å². The second-order valence-electron chi connectivity index (χ2n) is 5.49. The average molecular weight is 304 g/mol. The van der Waals surface area contributed by atoms with E-state index in [-0.39, 0.29) is 5.91 Å². The summed E-state index contributed by atoms with van der Waals surface area (Å²) in [7, 11) is 1.50. The largest absolute Gasteiger partial charge is 0.481 e. The van der Waals surface area contributed by atoms with Crippen LogP contribution in [0.4, 0.5) is 5.69 Å². The SMILES string of the molecule is CC(C(=O)O)C(=O)N(C)C1CCCN(c2ccccc2)C1=O. The number of nitrogens with zero attached hydrogens (tertiary/aromatic N) is 2. The maximum Gasteiger partial charge on any atom is 0.315 e. The third-order valence-electron chi connectivity index (χ3n) is 4.03. The van der Waals surface area contributed by atoms with E-state index in [0.29, 0.717) is 13.0 Å². The molecule has 22 heavy (non-hydrogen) atoms. The van der Waals surface area contributed by atoms with Gasteiger partial charge in [0, 0.05) is 19.3 Å². The van der Waals surface area contributed by atoms with Gasteiger partial charge < -0.3 is 14.9 Å². The number of likely N-dealkylation sites (N-methyl/N-ethyl adjacent to an activating group) is 1. The third-order valence-corrected chi connectivity index (χ3v) is 4.03. The van der Waals surface area contributed by atoms with Crippen molar-refractivity contribution in [3.63, 3.8) is 0 Å². The number of piperidine rings is 1. The molecule has 2 unspecified atom stereocenters. The minimum Gasteiger partial charge on any atom is -0.481 e. The van der Waals surface area contributed by atoms with Gasteiger partial charge in [0.25, 0.3) is 0 Å². The van der Waals surface area contributed by atoms with Crippen LogP contribution >= 0.6 is 0 Å². The highest BCUT2D eigenvalue weighted by atomic mass is 16.4. The van der Waals surface area contributed by atoms with Gasteiger partial charge in [-0.3, -0.25) is 14.4 Å². The van der Waals surface area contributed by atoms with Crippen molar-refractivity contribution in [1.82, 2.24) is 4.90 Å². The summed E-state index contributed by atoms with van der Waals surface area (Å²) in [6.45, 7) is 1.94. The Bertz CT molecular complexity index is 573. The van der Waals surface area contributed by atoms with E-state index in [4.69, 9.17) is 5.11 Å². The lowest BCUT2D eigenvalue weighted by Gasteiger charge is -2.37. The van der Waals surface area contributed by atoms with Gasteiger partial charge in [0.05, 0.1) is 0 Å². The Balaban J connectivity index is 2.16. The van der Waals surface area contributed by atoms with Gasteiger partial charge in [0.1, 0.15) is 12.0 Å². The number of benzene rings is 1. The number of para-hydroxylation sites is 1. The van der Waals surface area contributed by atoms with Crippen molar-refractivity contribution < 1.29 is 19.5 Å². The average Bonchev–Trinajstić information content (AvgIpc) is 2.53. The summed E-state index contributed by atoms with van der Waals surface area (Å²) in [6.07, 6.45) is 1.32. The van der Waals surface area contributed by atoms with Crippen LogP contribution in [0.2, 0.25) is 0 Å². The number of rotatable bonds is 4. The number of hydrogen-bond donors (Lipinski definition) is 1. The molecule has 2 amide bonds. The van der Waals surface area contributed by atoms with Crippen LogP contribution in [0.1, 0.15) is 19.8 Å². The van der Waals surface area contributed by atoms with Crippen molar-refractivity contribution in [2.45, 2.75) is 25.8 Å². The molecule has 6 nitrogen and oxygen atoms in total. The molecule has 1 heterocycles. The van der Waals surface area contributed by atoms with E-state index in [1.807, 2.05) is 30.3 Å². The maximum absolute atomic E-state index is 12.6. The Kier molecular flexibility index (Phi) is 4.80. The zero-order chi connectivity index (χ0) is 16.3. The van der Waals surface area contributed by atoms with Gasteiger partial charge in [0.15, 0.2) is 0 Å². The van der Waals surface area contributed by atoms with Crippen LogP contribution in [-0.4, -0.2) is 47.4 Å². The second-order valence-corrected chi connectivity index (χ2v) is 5.49. The summed E-state index contributed by atoms with van der Waals surface area (Å²) in [5, 5.41) is 8.95. The highest BCUT2D eigenvalue weighted by molar-refractivity contribution is 6.02. The number of hydrogen-bond acceptors (Lipinski definition) is 3. The first-order valence-electron chi connectivity index (χ1n) is 7.29. The van der Waals surface area contributed by atoms with Crippen LogP contribution < -0.4 is 4.90 Å². The lowest BCUT2D eigenvalue weighted by Crippen LogP contribution is -2.54. The summed E-state index contributed by atoms with van der Waals surface area (Å²) in [6, 6.07) is 8.67. The maximum atomic E-state index is 12.6. The lowest BCUT2D eigenvalue weighted by molar-refractivity contribution is -0.152. The molecule has 0 radical (unpaired) electrons. The first-order valence-corrected chi connectivity index (χ1v) is 7.29. The van der Waals surface area contributed by atoms with E-state index in [2.05, 4.69) is 0 Å². The molecular formula is C16H20N2O4. The number of carboxylic acid groups (broad SMARTS) is 1. The van der Waals surface area contributed by atoms with Gasteiger partial charge >= 0.3 is 5.97 Å². The van der Waals surface area contributed by atoms with Crippen LogP contribution in [0.25, 0.3) is 0 Å². The third kappa shape index (κ3) is 3.10. The molecule has 1 fully saturated rings. The monoisotopic (exact) mass is 304 g/mol. The Labute approximate surface area is 129 Å². The van der Waals surface area contributed by atoms with Gasteiger partial charge in [-0.2, -0.15) is 0 Å². The summed E-state index contributed by atoms with van der Waals surface area (Å²) in [5.74, 6) is -3.03. The number of carbonyl (C=O) groups excluding carboxylic acids is 2.